The second-order valence-electron chi connectivity index (χ2n) is 6.35. The fraction of sp³-hybridized carbons (Fsp3) is 0.0952. The molecule has 0 aliphatic carbocycles. The van der Waals surface area contributed by atoms with Crippen LogP contribution in [0.25, 0.3) is 5.76 Å². The molecule has 0 spiro atoms. The molecule has 1 aliphatic rings. The van der Waals surface area contributed by atoms with Crippen molar-refractivity contribution in [2.45, 2.75) is 13.0 Å². The maximum Gasteiger partial charge on any atom is 0.300 e. The minimum absolute atomic E-state index is 0.0412. The number of aliphatic hydroxyl groups excluding tert-OH is 1. The Hall–Kier alpha value is -3.38. The minimum Gasteiger partial charge on any atom is -0.507 e. The number of amides is 1. The number of rotatable bonds is 3. The van der Waals surface area contributed by atoms with Crippen LogP contribution in [0.15, 0.2) is 71.1 Å². The molecule has 1 unspecified atom stereocenters. The minimum atomic E-state index is -0.900. The SMILES string of the molecule is Cc1cc(Cl)ccc1N1C(=O)C(=O)/C(=C(\O)c2ccncc2)C1c1ccco1. The molecular formula is C21H15ClN2O4. The number of Topliss-reactive ketones (excluding diaryl/α,β-unsaturated/α-hetero) is 1. The molecule has 7 heteroatoms. The second kappa shape index (κ2) is 6.98. The first-order valence-corrected chi connectivity index (χ1v) is 8.88. The number of hydrogen-bond acceptors (Lipinski definition) is 5. The van der Waals surface area contributed by atoms with Crippen molar-refractivity contribution in [3.63, 3.8) is 0 Å². The number of aromatic nitrogens is 1. The van der Waals surface area contributed by atoms with Gasteiger partial charge in [-0.05, 0) is 55.0 Å². The Morgan fingerprint density at radius 2 is 1.93 bits per heavy atom. The van der Waals surface area contributed by atoms with Crippen LogP contribution in [-0.2, 0) is 9.59 Å². The summed E-state index contributed by atoms with van der Waals surface area (Å²) in [4.78, 5) is 31.1. The number of carbonyl (C=O) groups is 2. The lowest BCUT2D eigenvalue weighted by atomic mass is 9.99. The zero-order valence-corrected chi connectivity index (χ0v) is 15.6. The average Bonchev–Trinajstić information content (AvgIpc) is 3.30. The van der Waals surface area contributed by atoms with Gasteiger partial charge in [-0.3, -0.25) is 19.5 Å². The highest BCUT2D eigenvalue weighted by Crippen LogP contribution is 2.43. The van der Waals surface area contributed by atoms with E-state index in [-0.39, 0.29) is 11.3 Å². The fourth-order valence-corrected chi connectivity index (χ4v) is 3.58. The molecular weight excluding hydrogens is 380 g/mol. The summed E-state index contributed by atoms with van der Waals surface area (Å²) in [5, 5.41) is 11.4. The van der Waals surface area contributed by atoms with Crippen LogP contribution in [0.5, 0.6) is 0 Å². The van der Waals surface area contributed by atoms with E-state index in [0.29, 0.717) is 22.0 Å². The van der Waals surface area contributed by atoms with E-state index in [0.717, 1.165) is 5.56 Å². The number of hydrogen-bond donors (Lipinski definition) is 1. The lowest BCUT2D eigenvalue weighted by Gasteiger charge is -2.25. The third kappa shape index (κ3) is 2.88. The Kier molecular flexibility index (Phi) is 4.49. The van der Waals surface area contributed by atoms with Crippen LogP contribution in [0.4, 0.5) is 5.69 Å². The maximum atomic E-state index is 12.9. The number of aliphatic hydroxyl groups is 1. The number of furan rings is 1. The van der Waals surface area contributed by atoms with Crippen molar-refractivity contribution >= 4 is 34.7 Å². The van der Waals surface area contributed by atoms with Crippen LogP contribution in [0.3, 0.4) is 0 Å². The van der Waals surface area contributed by atoms with Crippen LogP contribution in [-0.4, -0.2) is 21.8 Å². The topological polar surface area (TPSA) is 83.6 Å². The monoisotopic (exact) mass is 394 g/mol. The molecule has 0 radical (unpaired) electrons. The molecule has 4 rings (SSSR count). The van der Waals surface area contributed by atoms with Crippen molar-refractivity contribution in [3.8, 4) is 0 Å². The Morgan fingerprint density at radius 3 is 2.57 bits per heavy atom. The van der Waals surface area contributed by atoms with E-state index in [1.807, 2.05) is 0 Å². The lowest BCUT2D eigenvalue weighted by Crippen LogP contribution is -2.29. The number of carbonyl (C=O) groups excluding carboxylic acids is 2. The van der Waals surface area contributed by atoms with Crippen molar-refractivity contribution in [2.75, 3.05) is 4.90 Å². The molecule has 3 aromatic rings. The number of benzene rings is 1. The van der Waals surface area contributed by atoms with Gasteiger partial charge in [0.15, 0.2) is 0 Å². The molecule has 1 atom stereocenters. The largest absolute Gasteiger partial charge is 0.507 e. The van der Waals surface area contributed by atoms with Crippen LogP contribution < -0.4 is 4.90 Å². The molecule has 1 fully saturated rings. The van der Waals surface area contributed by atoms with Gasteiger partial charge in [-0.25, -0.2) is 0 Å². The van der Waals surface area contributed by atoms with Gasteiger partial charge in [-0.1, -0.05) is 11.6 Å². The van der Waals surface area contributed by atoms with Crippen molar-refractivity contribution in [2.24, 2.45) is 0 Å². The van der Waals surface area contributed by atoms with Crippen molar-refractivity contribution in [3.05, 3.63) is 88.6 Å². The summed E-state index contributed by atoms with van der Waals surface area (Å²) in [6, 6.07) is 10.6. The van der Waals surface area contributed by atoms with Gasteiger partial charge >= 0.3 is 0 Å². The summed E-state index contributed by atoms with van der Waals surface area (Å²) in [5.41, 5.74) is 1.58. The molecule has 1 N–H and O–H groups in total. The molecule has 6 nitrogen and oxygen atoms in total. The molecule has 1 aliphatic heterocycles. The smallest absolute Gasteiger partial charge is 0.300 e. The second-order valence-corrected chi connectivity index (χ2v) is 6.79. The molecule has 1 amide bonds. The summed E-state index contributed by atoms with van der Waals surface area (Å²) < 4.78 is 5.52. The predicted octanol–water partition coefficient (Wildman–Crippen LogP) is 4.26. The molecule has 3 heterocycles. The van der Waals surface area contributed by atoms with Crippen molar-refractivity contribution in [1.29, 1.82) is 0 Å². The maximum absolute atomic E-state index is 12.9. The molecule has 1 saturated heterocycles. The van der Waals surface area contributed by atoms with Gasteiger partial charge in [-0.15, -0.1) is 0 Å². The van der Waals surface area contributed by atoms with Crippen molar-refractivity contribution in [1.82, 2.24) is 4.98 Å². The number of ketones is 1. The van der Waals surface area contributed by atoms with Gasteiger partial charge in [0.2, 0.25) is 0 Å². The first kappa shape index (κ1) is 18.0. The van der Waals surface area contributed by atoms with Crippen LogP contribution in [0.1, 0.15) is 22.9 Å². The first-order valence-electron chi connectivity index (χ1n) is 8.50. The summed E-state index contributed by atoms with van der Waals surface area (Å²) in [7, 11) is 0. The predicted molar refractivity (Wildman–Crippen MR) is 104 cm³/mol. The molecule has 1 aromatic carbocycles. The highest BCUT2D eigenvalue weighted by atomic mass is 35.5. The normalized spacial score (nSPS) is 18.6. The molecule has 28 heavy (non-hydrogen) atoms. The Bertz CT molecular complexity index is 1090. The van der Waals surface area contributed by atoms with Crippen LogP contribution in [0, 0.1) is 6.92 Å². The van der Waals surface area contributed by atoms with Crippen LogP contribution in [0.2, 0.25) is 5.02 Å². The molecule has 140 valence electrons. The van der Waals surface area contributed by atoms with E-state index in [1.165, 1.54) is 23.6 Å². The van der Waals surface area contributed by atoms with E-state index < -0.39 is 17.7 Å². The fourth-order valence-electron chi connectivity index (χ4n) is 3.35. The quantitative estimate of drug-likeness (QED) is 0.407. The van der Waals surface area contributed by atoms with Crippen LogP contribution >= 0.6 is 11.6 Å². The standard InChI is InChI=1S/C21H15ClN2O4/c1-12-11-14(22)4-5-15(12)24-18(16-3-2-10-28-16)17(20(26)21(24)27)19(25)13-6-8-23-9-7-13/h2-11,18,25H,1H3/b19-17-. The summed E-state index contributed by atoms with van der Waals surface area (Å²) >= 11 is 6.04. The number of nitrogens with zero attached hydrogens (tertiary/aromatic N) is 2. The van der Waals surface area contributed by atoms with E-state index in [4.69, 9.17) is 16.0 Å². The zero-order valence-electron chi connectivity index (χ0n) is 14.8. The van der Waals surface area contributed by atoms with Gasteiger partial charge < -0.3 is 9.52 Å². The number of pyridine rings is 1. The van der Waals surface area contributed by atoms with Gasteiger partial charge in [0.1, 0.15) is 17.6 Å². The average molecular weight is 395 g/mol. The molecule has 2 aromatic heterocycles. The summed E-state index contributed by atoms with van der Waals surface area (Å²) in [6.07, 6.45) is 4.45. The Labute approximate surface area is 165 Å². The third-order valence-corrected chi connectivity index (χ3v) is 4.86. The third-order valence-electron chi connectivity index (χ3n) is 4.63. The highest BCUT2D eigenvalue weighted by Gasteiger charge is 2.48. The summed E-state index contributed by atoms with van der Waals surface area (Å²) in [5.74, 6) is -1.45. The van der Waals surface area contributed by atoms with E-state index in [1.54, 1.807) is 49.4 Å². The van der Waals surface area contributed by atoms with Gasteiger partial charge in [-0.2, -0.15) is 0 Å². The van der Waals surface area contributed by atoms with E-state index >= 15 is 0 Å². The summed E-state index contributed by atoms with van der Waals surface area (Å²) in [6.45, 7) is 1.79. The van der Waals surface area contributed by atoms with Crippen molar-refractivity contribution < 1.29 is 19.1 Å². The van der Waals surface area contributed by atoms with E-state index in [9.17, 15) is 14.7 Å². The number of aryl methyl sites for hydroxylation is 1. The van der Waals surface area contributed by atoms with Gasteiger partial charge in [0, 0.05) is 28.7 Å². The highest BCUT2D eigenvalue weighted by molar-refractivity contribution is 6.51. The van der Waals surface area contributed by atoms with E-state index in [2.05, 4.69) is 4.98 Å². The first-order chi connectivity index (χ1) is 13.5. The molecule has 0 saturated carbocycles. The Morgan fingerprint density at radius 1 is 1.18 bits per heavy atom. The number of anilines is 1. The Balaban J connectivity index is 1.95. The lowest BCUT2D eigenvalue weighted by molar-refractivity contribution is -0.132. The number of halogens is 1. The van der Waals surface area contributed by atoms with Gasteiger partial charge in [0.05, 0.1) is 11.8 Å². The molecule has 0 bridgehead atoms. The van der Waals surface area contributed by atoms with Gasteiger partial charge in [0.25, 0.3) is 11.7 Å². The zero-order chi connectivity index (χ0) is 19.8.